The van der Waals surface area contributed by atoms with Gasteiger partial charge in [0, 0.05) is 19.4 Å². The molecule has 0 aromatic carbocycles. The normalized spacial score (nSPS) is 19.8. The van der Waals surface area contributed by atoms with Crippen LogP contribution in [0.25, 0.3) is 0 Å². The number of aliphatic carboxylic acids is 2. The number of rotatable bonds is 5. The van der Waals surface area contributed by atoms with Gasteiger partial charge in [0.1, 0.15) is 6.04 Å². The number of hydrogen-bond donors (Lipinski definition) is 2. The predicted molar refractivity (Wildman–Crippen MR) is 53.9 cm³/mol. The first-order valence-electron chi connectivity index (χ1n) is 5.26. The molecule has 0 bridgehead atoms. The lowest BCUT2D eigenvalue weighted by molar-refractivity contribution is -0.148. The number of carbonyl (C=O) groups is 3. The van der Waals surface area contributed by atoms with E-state index in [0.717, 1.165) is 0 Å². The molecule has 1 atom stereocenters. The number of nitrogens with zero attached hydrogens (tertiary/aromatic N) is 1. The van der Waals surface area contributed by atoms with E-state index in [1.807, 2.05) is 0 Å². The summed E-state index contributed by atoms with van der Waals surface area (Å²) in [5.41, 5.74) is 0. The van der Waals surface area contributed by atoms with Crippen LogP contribution in [0.1, 0.15) is 32.1 Å². The van der Waals surface area contributed by atoms with Gasteiger partial charge in [-0.1, -0.05) is 0 Å². The molecule has 1 aliphatic rings. The average Bonchev–Trinajstić information content (AvgIpc) is 2.65. The van der Waals surface area contributed by atoms with Gasteiger partial charge in [0.25, 0.3) is 0 Å². The van der Waals surface area contributed by atoms with Gasteiger partial charge in [0.15, 0.2) is 0 Å². The molecule has 0 saturated carbocycles. The Labute approximate surface area is 92.9 Å². The lowest BCUT2D eigenvalue weighted by Crippen LogP contribution is -2.40. The highest BCUT2D eigenvalue weighted by molar-refractivity contribution is 5.84. The molecule has 16 heavy (non-hydrogen) atoms. The van der Waals surface area contributed by atoms with Gasteiger partial charge < -0.3 is 15.1 Å². The van der Waals surface area contributed by atoms with Gasteiger partial charge in [-0.15, -0.1) is 0 Å². The van der Waals surface area contributed by atoms with E-state index in [2.05, 4.69) is 0 Å². The van der Waals surface area contributed by atoms with Gasteiger partial charge in [0.2, 0.25) is 5.91 Å². The van der Waals surface area contributed by atoms with E-state index in [9.17, 15) is 14.4 Å². The first kappa shape index (κ1) is 12.5. The highest BCUT2D eigenvalue weighted by atomic mass is 16.4. The molecule has 0 aromatic heterocycles. The van der Waals surface area contributed by atoms with E-state index < -0.39 is 18.0 Å². The molecule has 1 amide bonds. The summed E-state index contributed by atoms with van der Waals surface area (Å²) in [4.78, 5) is 34.0. The quantitative estimate of drug-likeness (QED) is 0.707. The zero-order chi connectivity index (χ0) is 12.1. The third kappa shape index (κ3) is 3.22. The molecule has 6 nitrogen and oxygen atoms in total. The largest absolute Gasteiger partial charge is 0.481 e. The van der Waals surface area contributed by atoms with Crippen LogP contribution < -0.4 is 0 Å². The van der Waals surface area contributed by atoms with Crippen LogP contribution in [-0.4, -0.2) is 45.5 Å². The molecule has 1 aliphatic heterocycles. The molecule has 1 saturated heterocycles. The third-order valence-corrected chi connectivity index (χ3v) is 2.64. The summed E-state index contributed by atoms with van der Waals surface area (Å²) in [6, 6.07) is -0.725. The molecule has 1 unspecified atom stereocenters. The van der Waals surface area contributed by atoms with Crippen molar-refractivity contribution in [1.82, 2.24) is 4.90 Å². The van der Waals surface area contributed by atoms with E-state index in [-0.39, 0.29) is 25.2 Å². The molecule has 0 aliphatic carbocycles. The fourth-order valence-corrected chi connectivity index (χ4v) is 1.86. The second-order valence-corrected chi connectivity index (χ2v) is 3.83. The van der Waals surface area contributed by atoms with E-state index >= 15 is 0 Å². The first-order chi connectivity index (χ1) is 7.52. The lowest BCUT2D eigenvalue weighted by atomic mass is 10.2. The summed E-state index contributed by atoms with van der Waals surface area (Å²) in [6.07, 6.45) is 1.49. The molecular formula is C10H15NO5. The lowest BCUT2D eigenvalue weighted by Gasteiger charge is -2.21. The molecule has 6 heteroatoms. The maximum Gasteiger partial charge on any atom is 0.326 e. The molecule has 0 aromatic rings. The Hall–Kier alpha value is -1.59. The second-order valence-electron chi connectivity index (χ2n) is 3.83. The zero-order valence-electron chi connectivity index (χ0n) is 8.89. The van der Waals surface area contributed by atoms with E-state index in [1.165, 1.54) is 4.90 Å². The minimum absolute atomic E-state index is 0.0582. The van der Waals surface area contributed by atoms with Crippen molar-refractivity contribution < 1.29 is 24.6 Å². The number of carboxylic acid groups (broad SMARTS) is 2. The summed E-state index contributed by atoms with van der Waals surface area (Å²) in [5.74, 6) is -2.18. The Morgan fingerprint density at radius 3 is 2.44 bits per heavy atom. The highest BCUT2D eigenvalue weighted by Crippen LogP contribution is 2.19. The topological polar surface area (TPSA) is 94.9 Å². The molecule has 90 valence electrons. The number of hydrogen-bond acceptors (Lipinski definition) is 3. The number of carboxylic acids is 2. The Balaban J connectivity index is 2.41. The smallest absolute Gasteiger partial charge is 0.326 e. The minimum Gasteiger partial charge on any atom is -0.481 e. The fraction of sp³-hybridized carbons (Fsp3) is 0.700. The molecule has 1 heterocycles. The summed E-state index contributed by atoms with van der Waals surface area (Å²) < 4.78 is 0. The SMILES string of the molecule is O=C(O)CCCC(=O)N1CCCC1C(=O)O. The van der Waals surface area contributed by atoms with Crippen molar-refractivity contribution in [1.29, 1.82) is 0 Å². The molecule has 1 fully saturated rings. The van der Waals surface area contributed by atoms with Gasteiger partial charge >= 0.3 is 11.9 Å². The summed E-state index contributed by atoms with van der Waals surface area (Å²) in [5, 5.41) is 17.3. The first-order valence-corrected chi connectivity index (χ1v) is 5.26. The van der Waals surface area contributed by atoms with Crippen molar-refractivity contribution in [3.63, 3.8) is 0 Å². The molecule has 1 rings (SSSR count). The molecule has 0 radical (unpaired) electrons. The van der Waals surface area contributed by atoms with Crippen molar-refractivity contribution in [2.75, 3.05) is 6.54 Å². The van der Waals surface area contributed by atoms with Crippen molar-refractivity contribution >= 4 is 17.8 Å². The molecular weight excluding hydrogens is 214 g/mol. The fourth-order valence-electron chi connectivity index (χ4n) is 1.86. The van der Waals surface area contributed by atoms with Crippen LogP contribution in [0.3, 0.4) is 0 Å². The van der Waals surface area contributed by atoms with Crippen molar-refractivity contribution in [3.8, 4) is 0 Å². The van der Waals surface area contributed by atoms with Gasteiger partial charge in [-0.3, -0.25) is 9.59 Å². The van der Waals surface area contributed by atoms with Gasteiger partial charge in [-0.2, -0.15) is 0 Å². The maximum absolute atomic E-state index is 11.6. The van der Waals surface area contributed by atoms with Gasteiger partial charge in [0.05, 0.1) is 0 Å². The summed E-state index contributed by atoms with van der Waals surface area (Å²) >= 11 is 0. The minimum atomic E-state index is -0.982. The Bertz CT molecular complexity index is 302. The Morgan fingerprint density at radius 1 is 1.19 bits per heavy atom. The average molecular weight is 229 g/mol. The van der Waals surface area contributed by atoms with E-state index in [4.69, 9.17) is 10.2 Å². The van der Waals surface area contributed by atoms with Crippen LogP contribution in [0, 0.1) is 0 Å². The maximum atomic E-state index is 11.6. The van der Waals surface area contributed by atoms with Crippen molar-refractivity contribution in [2.24, 2.45) is 0 Å². The van der Waals surface area contributed by atoms with Crippen LogP contribution in [0.5, 0.6) is 0 Å². The third-order valence-electron chi connectivity index (χ3n) is 2.64. The van der Waals surface area contributed by atoms with Gasteiger partial charge in [-0.25, -0.2) is 4.79 Å². The van der Waals surface area contributed by atoms with Crippen LogP contribution in [0.4, 0.5) is 0 Å². The predicted octanol–water partition coefficient (Wildman–Crippen LogP) is 0.317. The molecule has 0 spiro atoms. The van der Waals surface area contributed by atoms with Crippen molar-refractivity contribution in [2.45, 2.75) is 38.1 Å². The Morgan fingerprint density at radius 2 is 1.88 bits per heavy atom. The number of likely N-dealkylation sites (tertiary alicyclic amines) is 1. The van der Waals surface area contributed by atoms with Gasteiger partial charge in [-0.05, 0) is 19.3 Å². The van der Waals surface area contributed by atoms with E-state index in [1.54, 1.807) is 0 Å². The second kappa shape index (κ2) is 5.48. The standard InChI is InChI=1S/C10H15NO5/c12-8(4-1-5-9(13)14)11-6-2-3-7(11)10(15)16/h7H,1-6H2,(H,13,14)(H,15,16). The number of amides is 1. The van der Waals surface area contributed by atoms with Crippen LogP contribution in [-0.2, 0) is 14.4 Å². The summed E-state index contributed by atoms with van der Waals surface area (Å²) in [6.45, 7) is 0.461. The van der Waals surface area contributed by atoms with E-state index in [0.29, 0.717) is 19.4 Å². The Kier molecular flexibility index (Phi) is 4.28. The highest BCUT2D eigenvalue weighted by Gasteiger charge is 2.33. The summed E-state index contributed by atoms with van der Waals surface area (Å²) in [7, 11) is 0. The number of carbonyl (C=O) groups excluding carboxylic acids is 1. The van der Waals surface area contributed by atoms with Crippen molar-refractivity contribution in [3.05, 3.63) is 0 Å². The van der Waals surface area contributed by atoms with Crippen LogP contribution in [0.15, 0.2) is 0 Å². The zero-order valence-corrected chi connectivity index (χ0v) is 8.89. The van der Waals surface area contributed by atoms with Crippen LogP contribution in [0.2, 0.25) is 0 Å². The van der Waals surface area contributed by atoms with Crippen LogP contribution >= 0.6 is 0 Å². The molecule has 2 N–H and O–H groups in total. The monoisotopic (exact) mass is 229 g/mol.